The second-order valence-corrected chi connectivity index (χ2v) is 9.89. The van der Waals surface area contributed by atoms with E-state index in [-0.39, 0.29) is 31.4 Å². The maximum absolute atomic E-state index is 12.8. The van der Waals surface area contributed by atoms with Crippen molar-refractivity contribution in [3.63, 3.8) is 0 Å². The minimum absolute atomic E-state index is 0.0137. The number of anilines is 3. The first-order valence-corrected chi connectivity index (χ1v) is 14.3. The first-order valence-electron chi connectivity index (χ1n) is 14.3. The topological polar surface area (TPSA) is 126 Å². The van der Waals surface area contributed by atoms with Gasteiger partial charge in [-0.1, -0.05) is 58.0 Å². The summed E-state index contributed by atoms with van der Waals surface area (Å²) in [6, 6.07) is 19.4. The van der Waals surface area contributed by atoms with Crippen molar-refractivity contribution in [1.29, 1.82) is 0 Å². The van der Waals surface area contributed by atoms with Gasteiger partial charge in [-0.2, -0.15) is 0 Å². The van der Waals surface area contributed by atoms with Gasteiger partial charge in [0.05, 0.1) is 19.6 Å². The average Bonchev–Trinajstić information content (AvgIpc) is 2.94. The van der Waals surface area contributed by atoms with Crippen LogP contribution in [0, 0.1) is 12.8 Å². The molecule has 226 valence electrons. The fourth-order valence-corrected chi connectivity index (χ4v) is 3.73. The predicted molar refractivity (Wildman–Crippen MR) is 168 cm³/mol. The molecule has 4 N–H and O–H groups in total. The minimum atomic E-state index is -0.878. The monoisotopic (exact) mass is 577 g/mol. The first kappa shape index (κ1) is 33.7. The van der Waals surface area contributed by atoms with Crippen molar-refractivity contribution in [2.75, 3.05) is 29.2 Å². The number of ether oxygens (including phenoxy) is 2. The lowest BCUT2D eigenvalue weighted by Crippen LogP contribution is -2.20. The molecule has 0 radical (unpaired) electrons. The number of hydrogen-bond donors (Lipinski definition) is 4. The van der Waals surface area contributed by atoms with Gasteiger partial charge in [-0.15, -0.1) is 0 Å². The SMILES string of the molecule is CC.Cc1ccccc1NC(=O)Nc1ccc(CC(=O)Nc2cc(OCCCC(=O)O)cc(OCCC(C)C)c2)cc1. The zero-order valence-corrected chi connectivity index (χ0v) is 25.2. The van der Waals surface area contributed by atoms with Crippen LogP contribution in [0.3, 0.4) is 0 Å². The number of hydrogen-bond acceptors (Lipinski definition) is 5. The molecular formula is C33H43N3O6. The Morgan fingerprint density at radius 1 is 0.810 bits per heavy atom. The van der Waals surface area contributed by atoms with Crippen molar-refractivity contribution in [3.8, 4) is 11.5 Å². The number of aliphatic carboxylic acids is 1. The van der Waals surface area contributed by atoms with E-state index < -0.39 is 5.97 Å². The number of carbonyl (C=O) groups is 3. The molecule has 0 saturated heterocycles. The standard InChI is InChI=1S/C31H37N3O6.C2H6/c1-21(2)14-16-40-27-19-25(18-26(20-27)39-15-6-9-30(36)37)32-29(35)17-23-10-12-24(13-11-23)33-31(38)34-28-8-5-4-7-22(28)3;1-2/h4-5,7-8,10-13,18-21H,6,9,14-17H2,1-3H3,(H,32,35)(H,36,37)(H2,33,34,38);1-2H3. The fourth-order valence-electron chi connectivity index (χ4n) is 3.73. The van der Waals surface area contributed by atoms with Crippen LogP contribution in [-0.4, -0.2) is 36.2 Å². The van der Waals surface area contributed by atoms with E-state index in [1.165, 1.54) is 0 Å². The molecule has 0 saturated carbocycles. The highest BCUT2D eigenvalue weighted by molar-refractivity contribution is 6.00. The number of carboxylic acid groups (broad SMARTS) is 1. The van der Waals surface area contributed by atoms with E-state index in [4.69, 9.17) is 14.6 Å². The van der Waals surface area contributed by atoms with Crippen molar-refractivity contribution >= 4 is 35.0 Å². The Bertz CT molecular complexity index is 1290. The summed E-state index contributed by atoms with van der Waals surface area (Å²) in [4.78, 5) is 35.9. The van der Waals surface area contributed by atoms with Gasteiger partial charge in [0.25, 0.3) is 0 Å². The summed E-state index contributed by atoms with van der Waals surface area (Å²) in [5, 5.41) is 17.3. The lowest BCUT2D eigenvalue weighted by molar-refractivity contribution is -0.137. The zero-order valence-electron chi connectivity index (χ0n) is 25.2. The highest BCUT2D eigenvalue weighted by Gasteiger charge is 2.10. The number of aryl methyl sites for hydroxylation is 1. The van der Waals surface area contributed by atoms with E-state index >= 15 is 0 Å². The number of amides is 3. The van der Waals surface area contributed by atoms with Gasteiger partial charge in [-0.25, -0.2) is 4.79 Å². The van der Waals surface area contributed by atoms with Gasteiger partial charge >= 0.3 is 12.0 Å². The molecule has 9 heteroatoms. The van der Waals surface area contributed by atoms with Crippen LogP contribution < -0.4 is 25.4 Å². The molecule has 0 aromatic heterocycles. The predicted octanol–water partition coefficient (Wildman–Crippen LogP) is 7.51. The van der Waals surface area contributed by atoms with E-state index in [1.54, 1.807) is 42.5 Å². The maximum atomic E-state index is 12.8. The molecule has 3 rings (SSSR count). The Labute approximate surface area is 248 Å². The molecule has 0 bridgehead atoms. The third kappa shape index (κ3) is 12.8. The molecule has 42 heavy (non-hydrogen) atoms. The highest BCUT2D eigenvalue weighted by Crippen LogP contribution is 2.27. The fraction of sp³-hybridized carbons (Fsp3) is 0.364. The Balaban J connectivity index is 0.00000301. The summed E-state index contributed by atoms with van der Waals surface area (Å²) in [5.74, 6) is 0.428. The number of nitrogens with one attached hydrogen (secondary N) is 3. The van der Waals surface area contributed by atoms with Crippen LogP contribution in [0.15, 0.2) is 66.7 Å². The molecule has 0 atom stereocenters. The van der Waals surface area contributed by atoms with E-state index in [1.807, 2.05) is 45.0 Å². The molecule has 0 unspecified atom stereocenters. The van der Waals surface area contributed by atoms with Crippen LogP contribution in [0.5, 0.6) is 11.5 Å². The highest BCUT2D eigenvalue weighted by atomic mass is 16.5. The molecule has 0 aliphatic carbocycles. The quantitative estimate of drug-likeness (QED) is 0.147. The third-order valence-electron chi connectivity index (χ3n) is 5.90. The van der Waals surface area contributed by atoms with Crippen molar-refractivity contribution in [2.45, 2.75) is 60.3 Å². The minimum Gasteiger partial charge on any atom is -0.493 e. The number of urea groups is 1. The van der Waals surface area contributed by atoms with Gasteiger partial charge in [-0.05, 0) is 55.0 Å². The van der Waals surface area contributed by atoms with Crippen LogP contribution in [0.1, 0.15) is 58.1 Å². The molecule has 0 spiro atoms. The number of benzene rings is 3. The lowest BCUT2D eigenvalue weighted by atomic mass is 10.1. The van der Waals surface area contributed by atoms with E-state index in [9.17, 15) is 14.4 Å². The van der Waals surface area contributed by atoms with Crippen molar-refractivity contribution < 1.29 is 29.0 Å². The summed E-state index contributed by atoms with van der Waals surface area (Å²) < 4.78 is 11.6. The van der Waals surface area contributed by atoms with Crippen LogP contribution in [-0.2, 0) is 16.0 Å². The number of carbonyl (C=O) groups excluding carboxylic acids is 2. The molecule has 3 aromatic carbocycles. The van der Waals surface area contributed by atoms with Crippen LogP contribution in [0.25, 0.3) is 0 Å². The first-order chi connectivity index (χ1) is 20.2. The molecule has 3 amide bonds. The molecule has 0 aliphatic rings. The van der Waals surface area contributed by atoms with Gasteiger partial charge in [0.2, 0.25) is 5.91 Å². The van der Waals surface area contributed by atoms with Crippen molar-refractivity contribution in [1.82, 2.24) is 0 Å². The van der Waals surface area contributed by atoms with Gasteiger partial charge in [0.1, 0.15) is 11.5 Å². The average molecular weight is 578 g/mol. The number of para-hydroxylation sites is 1. The second-order valence-electron chi connectivity index (χ2n) is 9.89. The summed E-state index contributed by atoms with van der Waals surface area (Å²) in [5.41, 5.74) is 3.59. The molecule has 0 aliphatic heterocycles. The van der Waals surface area contributed by atoms with Crippen LogP contribution in [0.2, 0.25) is 0 Å². The van der Waals surface area contributed by atoms with Crippen molar-refractivity contribution in [3.05, 3.63) is 77.9 Å². The zero-order chi connectivity index (χ0) is 30.9. The largest absolute Gasteiger partial charge is 0.493 e. The van der Waals surface area contributed by atoms with E-state index in [2.05, 4.69) is 29.8 Å². The summed E-state index contributed by atoms with van der Waals surface area (Å²) in [7, 11) is 0. The summed E-state index contributed by atoms with van der Waals surface area (Å²) >= 11 is 0. The number of rotatable bonds is 14. The second kappa shape index (κ2) is 18.0. The molecule has 9 nitrogen and oxygen atoms in total. The Morgan fingerprint density at radius 3 is 2.07 bits per heavy atom. The Morgan fingerprint density at radius 2 is 1.45 bits per heavy atom. The molecule has 0 heterocycles. The normalized spacial score (nSPS) is 10.2. The molecular weight excluding hydrogens is 534 g/mol. The van der Waals surface area contributed by atoms with Gasteiger partial charge in [-0.3, -0.25) is 9.59 Å². The van der Waals surface area contributed by atoms with E-state index in [0.717, 1.165) is 23.2 Å². The van der Waals surface area contributed by atoms with Gasteiger partial charge in [0.15, 0.2) is 0 Å². The lowest BCUT2D eigenvalue weighted by Gasteiger charge is -2.14. The molecule has 3 aromatic rings. The third-order valence-corrected chi connectivity index (χ3v) is 5.90. The maximum Gasteiger partial charge on any atom is 0.323 e. The van der Waals surface area contributed by atoms with E-state index in [0.29, 0.717) is 41.8 Å². The molecule has 0 fully saturated rings. The van der Waals surface area contributed by atoms with Gasteiger partial charge in [0, 0.05) is 41.7 Å². The van der Waals surface area contributed by atoms with Crippen LogP contribution >= 0.6 is 0 Å². The van der Waals surface area contributed by atoms with Crippen molar-refractivity contribution in [2.24, 2.45) is 5.92 Å². The Hall–Kier alpha value is -4.53. The summed E-state index contributed by atoms with van der Waals surface area (Å²) in [6.07, 6.45) is 1.39. The summed E-state index contributed by atoms with van der Waals surface area (Å²) in [6.45, 7) is 10.9. The Kier molecular flexibility index (Phi) is 14.4. The smallest absolute Gasteiger partial charge is 0.323 e. The van der Waals surface area contributed by atoms with Gasteiger partial charge < -0.3 is 30.5 Å². The van der Waals surface area contributed by atoms with Crippen LogP contribution in [0.4, 0.5) is 21.9 Å². The number of carboxylic acids is 1.